The van der Waals surface area contributed by atoms with Gasteiger partial charge in [-0.15, -0.1) is 0 Å². The lowest BCUT2D eigenvalue weighted by atomic mass is 9.46. The van der Waals surface area contributed by atoms with E-state index in [1.54, 1.807) is 0 Å². The molecule has 0 bridgehead atoms. The molecule has 4 aliphatic rings. The van der Waals surface area contributed by atoms with Crippen molar-refractivity contribution in [2.45, 2.75) is 65.3 Å². The number of rotatable bonds is 2. The van der Waals surface area contributed by atoms with Crippen molar-refractivity contribution < 1.29 is 14.9 Å². The van der Waals surface area contributed by atoms with Crippen molar-refractivity contribution in [3.05, 3.63) is 24.0 Å². The van der Waals surface area contributed by atoms with E-state index in [1.807, 2.05) is 0 Å². The van der Waals surface area contributed by atoms with Gasteiger partial charge in [0.25, 0.3) is 0 Å². The third-order valence-corrected chi connectivity index (χ3v) is 7.86. The number of fused-ring (bicyclic) bond motifs is 5. The molecule has 0 amide bonds. The van der Waals surface area contributed by atoms with Crippen LogP contribution in [0.15, 0.2) is 24.0 Å². The first-order valence-electron chi connectivity index (χ1n) is 9.36. The Morgan fingerprint density at radius 3 is 2.74 bits per heavy atom. The van der Waals surface area contributed by atoms with E-state index in [0.717, 1.165) is 36.4 Å². The predicted molar refractivity (Wildman–Crippen MR) is 89.0 cm³/mol. The maximum absolute atomic E-state index is 9.23. The molecule has 0 radical (unpaired) electrons. The van der Waals surface area contributed by atoms with Crippen molar-refractivity contribution in [1.29, 1.82) is 0 Å². The number of aliphatic hydroxyl groups is 2. The number of allylic oxidation sites excluding steroid dienone is 4. The standard InChI is InChI=1S/C20H30O3/c1-19-11-4-3-5-13(19)6-7-14-15-8-9-17(23-18(21)22)20(15,2)12-10-16(14)19/h4,9,11,13-16,18,21-22H,3,5-8,10,12H2,1-2H3/t13?,14-,15-,16+,19-,20-/m0/s1. The quantitative estimate of drug-likeness (QED) is 0.598. The van der Waals surface area contributed by atoms with Crippen LogP contribution in [0.5, 0.6) is 0 Å². The molecule has 0 saturated heterocycles. The van der Waals surface area contributed by atoms with E-state index in [4.69, 9.17) is 4.74 Å². The summed E-state index contributed by atoms with van der Waals surface area (Å²) in [6, 6.07) is 0. The van der Waals surface area contributed by atoms with Crippen LogP contribution in [0.1, 0.15) is 58.8 Å². The molecule has 0 aromatic carbocycles. The fourth-order valence-electron chi connectivity index (χ4n) is 6.64. The Bertz CT molecular complexity index is 537. The highest BCUT2D eigenvalue weighted by atomic mass is 16.7. The second-order valence-electron chi connectivity index (χ2n) is 8.70. The molecule has 2 saturated carbocycles. The van der Waals surface area contributed by atoms with E-state index in [1.165, 1.54) is 32.1 Å². The molecule has 0 heterocycles. The minimum Gasteiger partial charge on any atom is -0.446 e. The SMILES string of the molecule is C[C@]12C=CCCC1CC[C@@H]1[C@H]2CC[C@]2(C)C(OC(O)O)=CC[C@@H]12. The Kier molecular flexibility index (Phi) is 3.66. The Balaban J connectivity index is 1.61. The largest absolute Gasteiger partial charge is 0.446 e. The van der Waals surface area contributed by atoms with Crippen molar-refractivity contribution in [3.8, 4) is 0 Å². The monoisotopic (exact) mass is 318 g/mol. The van der Waals surface area contributed by atoms with Gasteiger partial charge in [-0.1, -0.05) is 26.0 Å². The summed E-state index contributed by atoms with van der Waals surface area (Å²) in [6.07, 6.45) is 15.8. The number of ether oxygens (including phenoxy) is 1. The van der Waals surface area contributed by atoms with Gasteiger partial charge in [0.2, 0.25) is 0 Å². The van der Waals surface area contributed by atoms with Gasteiger partial charge in [-0.25, -0.2) is 0 Å². The molecule has 23 heavy (non-hydrogen) atoms. The van der Waals surface area contributed by atoms with E-state index >= 15 is 0 Å². The maximum Gasteiger partial charge on any atom is 0.310 e. The summed E-state index contributed by atoms with van der Waals surface area (Å²) in [5.74, 6) is 3.81. The fraction of sp³-hybridized carbons (Fsp3) is 0.800. The molecule has 2 N–H and O–H groups in total. The van der Waals surface area contributed by atoms with Crippen molar-refractivity contribution in [3.63, 3.8) is 0 Å². The molecule has 1 unspecified atom stereocenters. The normalized spacial score (nSPS) is 48.5. The average molecular weight is 318 g/mol. The molecule has 3 nitrogen and oxygen atoms in total. The summed E-state index contributed by atoms with van der Waals surface area (Å²) >= 11 is 0. The average Bonchev–Trinajstić information content (AvgIpc) is 2.83. The zero-order chi connectivity index (χ0) is 16.2. The van der Waals surface area contributed by atoms with E-state index in [2.05, 4.69) is 32.1 Å². The van der Waals surface area contributed by atoms with Crippen LogP contribution in [0.3, 0.4) is 0 Å². The van der Waals surface area contributed by atoms with Gasteiger partial charge in [0.05, 0.1) is 0 Å². The summed E-state index contributed by atoms with van der Waals surface area (Å²) in [5.41, 5.74) is 0.370. The van der Waals surface area contributed by atoms with E-state index < -0.39 is 6.48 Å². The Hall–Kier alpha value is -0.800. The molecular formula is C20H30O3. The molecule has 4 aliphatic carbocycles. The Morgan fingerprint density at radius 2 is 1.96 bits per heavy atom. The highest BCUT2D eigenvalue weighted by Gasteiger charge is 2.58. The minimum atomic E-state index is -1.69. The van der Waals surface area contributed by atoms with Gasteiger partial charge in [0.15, 0.2) is 0 Å². The van der Waals surface area contributed by atoms with Crippen LogP contribution < -0.4 is 0 Å². The van der Waals surface area contributed by atoms with Crippen molar-refractivity contribution in [2.24, 2.45) is 34.5 Å². The van der Waals surface area contributed by atoms with Gasteiger partial charge in [-0.3, -0.25) is 0 Å². The van der Waals surface area contributed by atoms with Crippen LogP contribution in [-0.2, 0) is 4.74 Å². The smallest absolute Gasteiger partial charge is 0.310 e. The van der Waals surface area contributed by atoms with Gasteiger partial charge >= 0.3 is 6.48 Å². The summed E-state index contributed by atoms with van der Waals surface area (Å²) in [5, 5.41) is 18.5. The van der Waals surface area contributed by atoms with Crippen LogP contribution in [0.25, 0.3) is 0 Å². The molecule has 0 spiro atoms. The van der Waals surface area contributed by atoms with Gasteiger partial charge in [0, 0.05) is 5.41 Å². The molecule has 128 valence electrons. The Morgan fingerprint density at radius 1 is 1.13 bits per heavy atom. The highest BCUT2D eigenvalue weighted by Crippen LogP contribution is 2.65. The maximum atomic E-state index is 9.23. The van der Waals surface area contributed by atoms with E-state index in [9.17, 15) is 10.2 Å². The summed E-state index contributed by atoms with van der Waals surface area (Å²) in [4.78, 5) is 0. The number of hydrogen-bond donors (Lipinski definition) is 2. The molecule has 0 aromatic heterocycles. The Labute approximate surface area is 139 Å². The van der Waals surface area contributed by atoms with Gasteiger partial charge in [0.1, 0.15) is 5.76 Å². The number of hydrogen-bond acceptors (Lipinski definition) is 3. The summed E-state index contributed by atoms with van der Waals surface area (Å²) < 4.78 is 5.35. The van der Waals surface area contributed by atoms with Crippen molar-refractivity contribution in [1.82, 2.24) is 0 Å². The second-order valence-corrected chi connectivity index (χ2v) is 8.70. The summed E-state index contributed by atoms with van der Waals surface area (Å²) in [7, 11) is 0. The van der Waals surface area contributed by atoms with Crippen LogP contribution in [0, 0.1) is 34.5 Å². The van der Waals surface area contributed by atoms with Crippen molar-refractivity contribution in [2.75, 3.05) is 0 Å². The molecule has 0 aromatic rings. The second kappa shape index (κ2) is 5.35. The van der Waals surface area contributed by atoms with E-state index in [-0.39, 0.29) is 5.41 Å². The lowest BCUT2D eigenvalue weighted by molar-refractivity contribution is -0.224. The predicted octanol–water partition coefficient (Wildman–Crippen LogP) is 3.97. The molecule has 6 atom stereocenters. The van der Waals surface area contributed by atoms with Gasteiger partial charge in [-0.2, -0.15) is 0 Å². The van der Waals surface area contributed by atoms with Gasteiger partial charge in [-0.05, 0) is 80.1 Å². The fourth-order valence-corrected chi connectivity index (χ4v) is 6.64. The molecule has 0 aliphatic heterocycles. The molecule has 4 rings (SSSR count). The topological polar surface area (TPSA) is 49.7 Å². The van der Waals surface area contributed by atoms with Crippen LogP contribution in [0.4, 0.5) is 0 Å². The van der Waals surface area contributed by atoms with Crippen LogP contribution >= 0.6 is 0 Å². The van der Waals surface area contributed by atoms with Crippen LogP contribution in [-0.4, -0.2) is 16.7 Å². The zero-order valence-electron chi connectivity index (χ0n) is 14.4. The lowest BCUT2D eigenvalue weighted by Gasteiger charge is -2.58. The van der Waals surface area contributed by atoms with E-state index in [0.29, 0.717) is 11.3 Å². The first-order valence-corrected chi connectivity index (χ1v) is 9.36. The van der Waals surface area contributed by atoms with Crippen molar-refractivity contribution >= 4 is 0 Å². The first kappa shape index (κ1) is 15.7. The first-order chi connectivity index (χ1) is 10.9. The van der Waals surface area contributed by atoms with Crippen LogP contribution in [0.2, 0.25) is 0 Å². The number of aliphatic hydroxyl groups excluding tert-OH is 1. The highest BCUT2D eigenvalue weighted by molar-refractivity contribution is 5.23. The molecule has 3 heteroatoms. The molecular weight excluding hydrogens is 288 g/mol. The summed E-state index contributed by atoms with van der Waals surface area (Å²) in [6.45, 7) is 3.09. The molecule has 2 fully saturated rings. The third-order valence-electron chi connectivity index (χ3n) is 7.86. The lowest BCUT2D eigenvalue weighted by Crippen LogP contribution is -2.51. The minimum absolute atomic E-state index is 0.00749. The zero-order valence-corrected chi connectivity index (χ0v) is 14.4. The third kappa shape index (κ3) is 2.23. The van der Waals surface area contributed by atoms with Gasteiger partial charge < -0.3 is 14.9 Å².